The van der Waals surface area contributed by atoms with E-state index in [0.717, 1.165) is 43.4 Å². The fourth-order valence-corrected chi connectivity index (χ4v) is 4.56. The monoisotopic (exact) mass is 464 g/mol. The lowest BCUT2D eigenvalue weighted by Crippen LogP contribution is -2.29. The Hall–Kier alpha value is -2.82. The van der Waals surface area contributed by atoms with Gasteiger partial charge in [-0.2, -0.15) is 0 Å². The maximum Gasteiger partial charge on any atom is 0.314 e. The number of benzene rings is 2. The van der Waals surface area contributed by atoms with E-state index in [1.807, 2.05) is 30.3 Å². The molecule has 0 unspecified atom stereocenters. The maximum absolute atomic E-state index is 12.6. The van der Waals surface area contributed by atoms with Crippen molar-refractivity contribution in [2.24, 2.45) is 0 Å². The molecule has 184 valence electrons. The molecule has 2 aromatic rings. The average Bonchev–Trinajstić information content (AvgIpc) is 3.33. The molecule has 1 aliphatic rings. The third-order valence-corrected chi connectivity index (χ3v) is 6.49. The highest BCUT2D eigenvalue weighted by Gasteiger charge is 2.20. The molecule has 0 aromatic heterocycles. The minimum atomic E-state index is -0.689. The second-order valence-electron chi connectivity index (χ2n) is 9.23. The van der Waals surface area contributed by atoms with E-state index in [2.05, 4.69) is 23.6 Å². The highest BCUT2D eigenvalue weighted by Crippen LogP contribution is 2.29. The van der Waals surface area contributed by atoms with E-state index in [-0.39, 0.29) is 0 Å². The third-order valence-electron chi connectivity index (χ3n) is 6.49. The van der Waals surface area contributed by atoms with Gasteiger partial charge in [0.1, 0.15) is 5.75 Å². The fraction of sp³-hybridized carbons (Fsp3) is 0.517. The Kier molecular flexibility index (Phi) is 11.0. The normalized spacial score (nSPS) is 12.3. The first-order chi connectivity index (χ1) is 16.7. The Balaban J connectivity index is 1.38. The zero-order chi connectivity index (χ0) is 24.0. The molecular formula is C29H40N2O3. The number of amides is 2. The van der Waals surface area contributed by atoms with Gasteiger partial charge in [-0.1, -0.05) is 89.0 Å². The van der Waals surface area contributed by atoms with Gasteiger partial charge in [-0.3, -0.25) is 9.59 Å². The number of unbranched alkanes of at least 4 members (excludes halogenated alkanes) is 9. The maximum atomic E-state index is 12.6. The molecule has 0 bridgehead atoms. The fourth-order valence-electron chi connectivity index (χ4n) is 4.56. The summed E-state index contributed by atoms with van der Waals surface area (Å²) in [6, 6.07) is 13.2. The molecule has 0 heterocycles. The number of carbonyl (C=O) groups is 2. The Morgan fingerprint density at radius 3 is 2.09 bits per heavy atom. The zero-order valence-electron chi connectivity index (χ0n) is 20.7. The van der Waals surface area contributed by atoms with Crippen molar-refractivity contribution in [3.8, 4) is 5.75 Å². The van der Waals surface area contributed by atoms with Crippen LogP contribution in [0.5, 0.6) is 5.75 Å². The van der Waals surface area contributed by atoms with Crippen molar-refractivity contribution < 1.29 is 14.3 Å². The van der Waals surface area contributed by atoms with Gasteiger partial charge in [0.2, 0.25) is 0 Å². The Morgan fingerprint density at radius 1 is 0.735 bits per heavy atom. The molecule has 0 saturated heterocycles. The third kappa shape index (κ3) is 8.19. The SMILES string of the molecule is CCCCCCCCCCCCOc1ccccc1NC(=O)C(=O)Nc1cccc2c1CCC2. The summed E-state index contributed by atoms with van der Waals surface area (Å²) in [6.07, 6.45) is 15.8. The molecular weight excluding hydrogens is 424 g/mol. The second-order valence-corrected chi connectivity index (χ2v) is 9.23. The van der Waals surface area contributed by atoms with Crippen LogP contribution in [0.15, 0.2) is 42.5 Å². The van der Waals surface area contributed by atoms with Crippen LogP contribution in [-0.2, 0) is 22.4 Å². The number of rotatable bonds is 14. The largest absolute Gasteiger partial charge is 0.491 e. The molecule has 2 amide bonds. The summed E-state index contributed by atoms with van der Waals surface area (Å²) < 4.78 is 5.92. The van der Waals surface area contributed by atoms with Crippen LogP contribution >= 0.6 is 0 Å². The van der Waals surface area contributed by atoms with Gasteiger partial charge in [0.25, 0.3) is 0 Å². The van der Waals surface area contributed by atoms with E-state index >= 15 is 0 Å². The number of nitrogens with one attached hydrogen (secondary N) is 2. The molecule has 2 N–H and O–H groups in total. The van der Waals surface area contributed by atoms with Gasteiger partial charge in [0.15, 0.2) is 0 Å². The van der Waals surface area contributed by atoms with Crippen molar-refractivity contribution in [2.45, 2.75) is 90.4 Å². The number of fused-ring (bicyclic) bond motifs is 1. The number of carbonyl (C=O) groups excluding carboxylic acids is 2. The summed E-state index contributed by atoms with van der Waals surface area (Å²) in [7, 11) is 0. The summed E-state index contributed by atoms with van der Waals surface area (Å²) in [5.41, 5.74) is 3.65. The van der Waals surface area contributed by atoms with E-state index < -0.39 is 11.8 Å². The molecule has 0 saturated carbocycles. The number of aryl methyl sites for hydroxylation is 1. The van der Waals surface area contributed by atoms with Crippen LogP contribution in [0.1, 0.15) is 88.7 Å². The number of para-hydroxylation sites is 2. The lowest BCUT2D eigenvalue weighted by Gasteiger charge is -2.13. The Bertz CT molecular complexity index is 925. The molecule has 3 rings (SSSR count). The summed E-state index contributed by atoms with van der Waals surface area (Å²) in [4.78, 5) is 25.1. The number of ether oxygens (including phenoxy) is 1. The molecule has 0 radical (unpaired) electrons. The number of hydrogen-bond donors (Lipinski definition) is 2. The lowest BCUT2D eigenvalue weighted by atomic mass is 10.1. The molecule has 2 aromatic carbocycles. The molecule has 0 aliphatic heterocycles. The van der Waals surface area contributed by atoms with Crippen LogP contribution < -0.4 is 15.4 Å². The van der Waals surface area contributed by atoms with Gasteiger partial charge in [0, 0.05) is 5.69 Å². The molecule has 0 atom stereocenters. The number of hydrogen-bond acceptors (Lipinski definition) is 3. The van der Waals surface area contributed by atoms with E-state index in [0.29, 0.717) is 18.0 Å². The minimum Gasteiger partial charge on any atom is -0.491 e. The van der Waals surface area contributed by atoms with Gasteiger partial charge in [0.05, 0.1) is 12.3 Å². The number of anilines is 2. The topological polar surface area (TPSA) is 67.4 Å². The minimum absolute atomic E-state index is 0.521. The molecule has 0 spiro atoms. The molecule has 5 nitrogen and oxygen atoms in total. The van der Waals surface area contributed by atoms with Gasteiger partial charge < -0.3 is 15.4 Å². The Morgan fingerprint density at radius 2 is 1.35 bits per heavy atom. The first kappa shape index (κ1) is 25.8. The van der Waals surface area contributed by atoms with Crippen molar-refractivity contribution in [3.05, 3.63) is 53.6 Å². The highest BCUT2D eigenvalue weighted by molar-refractivity contribution is 6.43. The highest BCUT2D eigenvalue weighted by atomic mass is 16.5. The van der Waals surface area contributed by atoms with Crippen molar-refractivity contribution >= 4 is 23.2 Å². The van der Waals surface area contributed by atoms with E-state index in [9.17, 15) is 9.59 Å². The summed E-state index contributed by atoms with van der Waals surface area (Å²) >= 11 is 0. The van der Waals surface area contributed by atoms with Gasteiger partial charge >= 0.3 is 11.8 Å². The first-order valence-electron chi connectivity index (χ1n) is 13.1. The summed E-state index contributed by atoms with van der Waals surface area (Å²) in [5, 5.41) is 5.49. The average molecular weight is 465 g/mol. The van der Waals surface area contributed by atoms with Crippen LogP contribution in [0.3, 0.4) is 0 Å². The predicted octanol–water partition coefficient (Wildman–Crippen LogP) is 7.05. The summed E-state index contributed by atoms with van der Waals surface area (Å²) in [6.45, 7) is 2.85. The van der Waals surface area contributed by atoms with Crippen molar-refractivity contribution in [1.29, 1.82) is 0 Å². The van der Waals surface area contributed by atoms with Crippen LogP contribution in [0.25, 0.3) is 0 Å². The smallest absolute Gasteiger partial charge is 0.314 e. The van der Waals surface area contributed by atoms with E-state index in [1.165, 1.54) is 56.9 Å². The molecule has 5 heteroatoms. The molecule has 1 aliphatic carbocycles. The van der Waals surface area contributed by atoms with E-state index in [4.69, 9.17) is 4.74 Å². The zero-order valence-corrected chi connectivity index (χ0v) is 20.7. The van der Waals surface area contributed by atoms with Crippen LogP contribution in [-0.4, -0.2) is 18.4 Å². The standard InChI is InChI=1S/C29H40N2O3/c1-2-3-4-5-6-7-8-9-10-13-22-34-27-21-12-11-19-26(27)31-29(33)28(32)30-25-20-15-17-23-16-14-18-24(23)25/h11-12,15,17,19-21H,2-10,13-14,16,18,22H2,1H3,(H,30,32)(H,31,33). The molecule has 34 heavy (non-hydrogen) atoms. The van der Waals surface area contributed by atoms with E-state index in [1.54, 1.807) is 6.07 Å². The van der Waals surface area contributed by atoms with Crippen LogP contribution in [0.2, 0.25) is 0 Å². The predicted molar refractivity (Wildman–Crippen MR) is 140 cm³/mol. The summed E-state index contributed by atoms with van der Waals surface area (Å²) in [5.74, 6) is -0.754. The quantitative estimate of drug-likeness (QED) is 0.232. The van der Waals surface area contributed by atoms with Crippen LogP contribution in [0.4, 0.5) is 11.4 Å². The Labute approximate surface area is 204 Å². The van der Waals surface area contributed by atoms with Crippen molar-refractivity contribution in [3.63, 3.8) is 0 Å². The molecule has 0 fully saturated rings. The van der Waals surface area contributed by atoms with Gasteiger partial charge in [-0.05, 0) is 55.0 Å². The first-order valence-corrected chi connectivity index (χ1v) is 13.1. The van der Waals surface area contributed by atoms with Gasteiger partial charge in [-0.25, -0.2) is 0 Å². The van der Waals surface area contributed by atoms with Crippen LogP contribution in [0, 0.1) is 0 Å². The van der Waals surface area contributed by atoms with Crippen molar-refractivity contribution in [2.75, 3.05) is 17.2 Å². The van der Waals surface area contributed by atoms with Gasteiger partial charge in [-0.15, -0.1) is 0 Å². The second kappa shape index (κ2) is 14.4. The van der Waals surface area contributed by atoms with Crippen molar-refractivity contribution in [1.82, 2.24) is 0 Å². The lowest BCUT2D eigenvalue weighted by molar-refractivity contribution is -0.133.